The number of aliphatic carboxylic acids is 1. The third-order valence-corrected chi connectivity index (χ3v) is 2.18. The van der Waals surface area contributed by atoms with Gasteiger partial charge in [0.1, 0.15) is 0 Å². The Hall–Kier alpha value is -2.10. The Morgan fingerprint density at radius 3 is 3.00 bits per heavy atom. The third-order valence-electron chi connectivity index (χ3n) is 2.18. The highest BCUT2D eigenvalue weighted by atomic mass is 16.4. The fourth-order valence-electron chi connectivity index (χ4n) is 1.50. The molecule has 0 aromatic heterocycles. The molecule has 1 aliphatic rings. The van der Waals surface area contributed by atoms with Gasteiger partial charge in [-0.2, -0.15) is 0 Å². The van der Waals surface area contributed by atoms with Gasteiger partial charge in [0.2, 0.25) is 5.91 Å². The number of benzene rings is 1. The Morgan fingerprint density at radius 2 is 2.27 bits per heavy atom. The summed E-state index contributed by atoms with van der Waals surface area (Å²) in [4.78, 5) is 21.4. The average Bonchev–Trinajstić information content (AvgIpc) is 2.53. The van der Waals surface area contributed by atoms with Gasteiger partial charge in [0.15, 0.2) is 0 Å². The van der Waals surface area contributed by atoms with Crippen LogP contribution in [0.1, 0.15) is 11.1 Å². The molecule has 1 aromatic rings. The van der Waals surface area contributed by atoms with Crippen LogP contribution in [0.25, 0.3) is 6.08 Å². The smallest absolute Gasteiger partial charge is 0.328 e. The van der Waals surface area contributed by atoms with Gasteiger partial charge in [-0.3, -0.25) is 4.79 Å². The summed E-state index contributed by atoms with van der Waals surface area (Å²) in [7, 11) is 0. The van der Waals surface area contributed by atoms with E-state index in [1.165, 1.54) is 6.08 Å². The van der Waals surface area contributed by atoms with Crippen molar-refractivity contribution in [2.75, 3.05) is 5.32 Å². The Morgan fingerprint density at radius 1 is 1.47 bits per heavy atom. The van der Waals surface area contributed by atoms with Crippen LogP contribution in [0.5, 0.6) is 0 Å². The molecule has 1 aliphatic heterocycles. The minimum Gasteiger partial charge on any atom is -0.478 e. The van der Waals surface area contributed by atoms with Crippen LogP contribution >= 0.6 is 0 Å². The van der Waals surface area contributed by atoms with Crippen LogP contribution in [0.3, 0.4) is 0 Å². The van der Waals surface area contributed by atoms with Crippen LogP contribution < -0.4 is 5.32 Å². The summed E-state index contributed by atoms with van der Waals surface area (Å²) in [5, 5.41) is 11.2. The maximum Gasteiger partial charge on any atom is 0.328 e. The molecular weight excluding hydrogens is 194 g/mol. The first-order valence-electron chi connectivity index (χ1n) is 4.49. The number of hydrogen-bond acceptors (Lipinski definition) is 2. The van der Waals surface area contributed by atoms with E-state index in [0.29, 0.717) is 6.42 Å². The minimum atomic E-state index is -0.987. The molecule has 0 bridgehead atoms. The number of fused-ring (bicyclic) bond motifs is 1. The largest absolute Gasteiger partial charge is 0.478 e. The molecule has 4 nitrogen and oxygen atoms in total. The quantitative estimate of drug-likeness (QED) is 0.711. The van der Waals surface area contributed by atoms with Crippen molar-refractivity contribution in [3.63, 3.8) is 0 Å². The fourth-order valence-corrected chi connectivity index (χ4v) is 1.50. The maximum atomic E-state index is 11.1. The molecule has 0 fully saturated rings. The van der Waals surface area contributed by atoms with Gasteiger partial charge < -0.3 is 10.4 Å². The predicted octanol–water partition coefficient (Wildman–Crippen LogP) is 1.28. The Bertz CT molecular complexity index is 463. The predicted molar refractivity (Wildman–Crippen MR) is 55.4 cm³/mol. The van der Waals surface area contributed by atoms with Crippen molar-refractivity contribution in [1.29, 1.82) is 0 Å². The van der Waals surface area contributed by atoms with Crippen LogP contribution in [0.2, 0.25) is 0 Å². The lowest BCUT2D eigenvalue weighted by Crippen LogP contribution is -2.03. The topological polar surface area (TPSA) is 66.4 Å². The molecule has 76 valence electrons. The molecule has 0 spiro atoms. The lowest BCUT2D eigenvalue weighted by atomic mass is 10.1. The number of carboxylic acids is 1. The van der Waals surface area contributed by atoms with E-state index >= 15 is 0 Å². The summed E-state index contributed by atoms with van der Waals surface area (Å²) in [6.45, 7) is 0. The summed E-state index contributed by atoms with van der Waals surface area (Å²) in [6.07, 6.45) is 2.96. The molecule has 0 unspecified atom stereocenters. The lowest BCUT2D eigenvalue weighted by molar-refractivity contribution is -0.131. The van der Waals surface area contributed by atoms with E-state index in [0.717, 1.165) is 22.9 Å². The van der Waals surface area contributed by atoms with Gasteiger partial charge in [-0.15, -0.1) is 0 Å². The first-order chi connectivity index (χ1) is 7.15. The number of anilines is 1. The summed E-state index contributed by atoms with van der Waals surface area (Å²) in [6, 6.07) is 5.38. The number of rotatable bonds is 2. The number of carboxylic acid groups (broad SMARTS) is 1. The molecule has 2 N–H and O–H groups in total. The van der Waals surface area contributed by atoms with E-state index in [-0.39, 0.29) is 5.91 Å². The van der Waals surface area contributed by atoms with Gasteiger partial charge in [-0.25, -0.2) is 4.79 Å². The zero-order valence-electron chi connectivity index (χ0n) is 7.86. The highest BCUT2D eigenvalue weighted by molar-refractivity contribution is 5.99. The number of carbonyl (C=O) groups is 2. The van der Waals surface area contributed by atoms with Crippen molar-refractivity contribution in [1.82, 2.24) is 0 Å². The van der Waals surface area contributed by atoms with Gasteiger partial charge in [-0.1, -0.05) is 12.1 Å². The number of hydrogen-bond donors (Lipinski definition) is 2. The summed E-state index contributed by atoms with van der Waals surface area (Å²) in [5.74, 6) is -1.01. The Kier molecular flexibility index (Phi) is 2.25. The van der Waals surface area contributed by atoms with Gasteiger partial charge >= 0.3 is 5.97 Å². The minimum absolute atomic E-state index is 0.0237. The number of nitrogens with one attached hydrogen (secondary N) is 1. The van der Waals surface area contributed by atoms with Gasteiger partial charge in [0.25, 0.3) is 0 Å². The lowest BCUT2D eigenvalue weighted by Gasteiger charge is -1.99. The normalized spacial score (nSPS) is 14.0. The number of carbonyl (C=O) groups excluding carboxylic acids is 1. The third kappa shape index (κ3) is 2.04. The van der Waals surface area contributed by atoms with E-state index in [4.69, 9.17) is 5.11 Å². The average molecular weight is 203 g/mol. The van der Waals surface area contributed by atoms with Crippen LogP contribution in [0.4, 0.5) is 5.69 Å². The van der Waals surface area contributed by atoms with Crippen molar-refractivity contribution in [3.8, 4) is 0 Å². The van der Waals surface area contributed by atoms with Crippen LogP contribution in [0.15, 0.2) is 24.3 Å². The van der Waals surface area contributed by atoms with E-state index in [1.54, 1.807) is 12.1 Å². The second kappa shape index (κ2) is 3.57. The molecule has 15 heavy (non-hydrogen) atoms. The highest BCUT2D eigenvalue weighted by Crippen LogP contribution is 2.24. The summed E-state index contributed by atoms with van der Waals surface area (Å²) < 4.78 is 0. The van der Waals surface area contributed by atoms with Crippen LogP contribution in [-0.2, 0) is 16.0 Å². The van der Waals surface area contributed by atoms with E-state index in [9.17, 15) is 9.59 Å². The molecule has 0 saturated heterocycles. The van der Waals surface area contributed by atoms with Crippen molar-refractivity contribution >= 4 is 23.6 Å². The van der Waals surface area contributed by atoms with Crippen LogP contribution in [0, 0.1) is 0 Å². The van der Waals surface area contributed by atoms with Crippen molar-refractivity contribution in [2.45, 2.75) is 6.42 Å². The first-order valence-corrected chi connectivity index (χ1v) is 4.49. The van der Waals surface area contributed by atoms with Crippen molar-refractivity contribution in [3.05, 3.63) is 35.4 Å². The van der Waals surface area contributed by atoms with E-state index in [2.05, 4.69) is 5.32 Å². The van der Waals surface area contributed by atoms with Crippen LogP contribution in [-0.4, -0.2) is 17.0 Å². The second-order valence-corrected chi connectivity index (χ2v) is 3.31. The van der Waals surface area contributed by atoms with Gasteiger partial charge in [-0.05, 0) is 23.3 Å². The number of amides is 1. The second-order valence-electron chi connectivity index (χ2n) is 3.31. The zero-order valence-corrected chi connectivity index (χ0v) is 7.86. The molecule has 1 heterocycles. The molecule has 0 aliphatic carbocycles. The molecule has 0 saturated carbocycles. The zero-order chi connectivity index (χ0) is 10.8. The Labute approximate surface area is 86.2 Å². The van der Waals surface area contributed by atoms with Gasteiger partial charge in [0.05, 0.1) is 6.42 Å². The molecule has 0 atom stereocenters. The molecule has 1 aromatic carbocycles. The van der Waals surface area contributed by atoms with Crippen molar-refractivity contribution in [2.24, 2.45) is 0 Å². The van der Waals surface area contributed by atoms with E-state index < -0.39 is 5.97 Å². The fraction of sp³-hybridized carbons (Fsp3) is 0.0909. The Balaban J connectivity index is 2.27. The standard InChI is InChI=1S/C11H9NO3/c13-10-6-8-3-1-7(2-4-11(14)15)5-9(8)12-10/h1-5H,6H2,(H,12,13)(H,14,15). The summed E-state index contributed by atoms with van der Waals surface area (Å²) >= 11 is 0. The molecule has 4 heteroatoms. The SMILES string of the molecule is O=C(O)C=Cc1ccc2c(c1)NC(=O)C2. The highest BCUT2D eigenvalue weighted by Gasteiger charge is 2.16. The van der Waals surface area contributed by atoms with Gasteiger partial charge in [0, 0.05) is 11.8 Å². The van der Waals surface area contributed by atoms with E-state index in [1.807, 2.05) is 6.07 Å². The monoisotopic (exact) mass is 203 g/mol. The van der Waals surface area contributed by atoms with Crippen molar-refractivity contribution < 1.29 is 14.7 Å². The molecule has 1 amide bonds. The maximum absolute atomic E-state index is 11.1. The molecule has 2 rings (SSSR count). The first kappa shape index (κ1) is 9.45. The molecular formula is C11H9NO3. The summed E-state index contributed by atoms with van der Waals surface area (Å²) in [5.41, 5.74) is 2.48. The molecule has 0 radical (unpaired) electrons.